The van der Waals surface area contributed by atoms with E-state index in [1.165, 1.54) is 40.0 Å². The minimum atomic E-state index is -0.0951. The van der Waals surface area contributed by atoms with Gasteiger partial charge in [-0.15, -0.1) is 29.3 Å². The molecule has 5 aromatic rings. The molecule has 166 valence electrons. The highest BCUT2D eigenvalue weighted by atomic mass is 32.2. The van der Waals surface area contributed by atoms with E-state index in [-0.39, 0.29) is 11.1 Å². The number of thioether (sulfide) groups is 1. The number of thiazole rings is 1. The highest BCUT2D eigenvalue weighted by molar-refractivity contribution is 7.98. The topological polar surface area (TPSA) is 69.3 Å². The average Bonchev–Trinajstić information content (AvgIpc) is 3.39. The summed E-state index contributed by atoms with van der Waals surface area (Å²) in [7, 11) is 0. The molecule has 33 heavy (non-hydrogen) atoms. The van der Waals surface area contributed by atoms with Crippen molar-refractivity contribution in [3.63, 3.8) is 0 Å². The summed E-state index contributed by atoms with van der Waals surface area (Å²) in [5.41, 5.74) is 4.43. The monoisotopic (exact) mass is 492 g/mol. The van der Waals surface area contributed by atoms with E-state index in [2.05, 4.69) is 11.6 Å². The lowest BCUT2D eigenvalue weighted by Crippen LogP contribution is -2.22. The van der Waals surface area contributed by atoms with Gasteiger partial charge < -0.3 is 0 Å². The first kappa shape index (κ1) is 21.8. The van der Waals surface area contributed by atoms with Gasteiger partial charge in [-0.25, -0.2) is 9.97 Å². The Hall–Kier alpha value is -3.01. The number of nitrogens with zero attached hydrogens (tertiary/aromatic N) is 4. The zero-order valence-electron chi connectivity index (χ0n) is 18.1. The number of aryl methyl sites for hydroxylation is 2. The second-order valence-corrected chi connectivity index (χ2v) is 10.3. The molecule has 0 aliphatic rings. The Labute approximate surface area is 201 Å². The van der Waals surface area contributed by atoms with Gasteiger partial charge >= 0.3 is 0 Å². The molecule has 9 heteroatoms. The minimum absolute atomic E-state index is 0.0865. The molecule has 0 saturated carbocycles. The fourth-order valence-electron chi connectivity index (χ4n) is 3.66. The predicted octanol–water partition coefficient (Wildman–Crippen LogP) is 5.29. The minimum Gasteiger partial charge on any atom is -0.283 e. The van der Waals surface area contributed by atoms with Gasteiger partial charge in [-0.2, -0.15) is 0 Å². The number of hydrogen-bond donors (Lipinski definition) is 0. The Kier molecular flexibility index (Phi) is 5.77. The van der Waals surface area contributed by atoms with E-state index in [1.807, 2.05) is 48.9 Å². The fraction of sp³-hybridized carbons (Fsp3) is 0.167. The molecule has 0 saturated heterocycles. The molecular formula is C24H20N4O2S3. The van der Waals surface area contributed by atoms with Crippen LogP contribution in [0.3, 0.4) is 0 Å². The van der Waals surface area contributed by atoms with Crippen LogP contribution in [0.5, 0.6) is 0 Å². The number of thiophene rings is 1. The molecule has 0 aliphatic carbocycles. The molecule has 0 unspecified atom stereocenters. The van der Waals surface area contributed by atoms with Gasteiger partial charge in [-0.1, -0.05) is 47.7 Å². The predicted molar refractivity (Wildman–Crippen MR) is 138 cm³/mol. The maximum Gasteiger partial charge on any atom is 0.263 e. The second kappa shape index (κ2) is 8.74. The first-order valence-corrected chi connectivity index (χ1v) is 13.0. The van der Waals surface area contributed by atoms with Gasteiger partial charge in [0.25, 0.3) is 11.1 Å². The first-order chi connectivity index (χ1) is 16.0. The van der Waals surface area contributed by atoms with Crippen molar-refractivity contribution in [3.05, 3.63) is 91.4 Å². The van der Waals surface area contributed by atoms with Crippen LogP contribution in [0.15, 0.2) is 68.5 Å². The van der Waals surface area contributed by atoms with Crippen LogP contribution in [0.1, 0.15) is 17.0 Å². The molecule has 0 N–H and O–H groups in total. The number of fused-ring (bicyclic) bond motifs is 2. The van der Waals surface area contributed by atoms with Crippen LogP contribution in [0.4, 0.5) is 0 Å². The molecular weight excluding hydrogens is 472 g/mol. The summed E-state index contributed by atoms with van der Waals surface area (Å²) in [6.45, 7) is 8.10. The number of benzene rings is 1. The summed E-state index contributed by atoms with van der Waals surface area (Å²) in [6, 6.07) is 9.70. The van der Waals surface area contributed by atoms with Gasteiger partial charge in [0.05, 0.1) is 11.1 Å². The number of allylic oxidation sites excluding steroid dienone is 1. The van der Waals surface area contributed by atoms with Crippen LogP contribution in [0.2, 0.25) is 0 Å². The molecule has 0 fully saturated rings. The van der Waals surface area contributed by atoms with Crippen LogP contribution in [0.25, 0.3) is 26.3 Å². The van der Waals surface area contributed by atoms with E-state index in [0.717, 1.165) is 16.8 Å². The third-order valence-electron chi connectivity index (χ3n) is 5.31. The van der Waals surface area contributed by atoms with E-state index in [0.29, 0.717) is 38.3 Å². The summed E-state index contributed by atoms with van der Waals surface area (Å²) in [6.07, 6.45) is 1.70. The van der Waals surface area contributed by atoms with Crippen molar-refractivity contribution >= 4 is 49.6 Å². The van der Waals surface area contributed by atoms with Crippen molar-refractivity contribution in [3.8, 4) is 11.1 Å². The Morgan fingerprint density at radius 2 is 1.88 bits per heavy atom. The van der Waals surface area contributed by atoms with Crippen molar-refractivity contribution in [1.82, 2.24) is 18.9 Å². The molecule has 0 bridgehead atoms. The summed E-state index contributed by atoms with van der Waals surface area (Å²) in [5.74, 6) is 0.438. The van der Waals surface area contributed by atoms with E-state index in [9.17, 15) is 9.59 Å². The second-order valence-electron chi connectivity index (χ2n) is 7.66. The zero-order valence-corrected chi connectivity index (χ0v) is 20.5. The summed E-state index contributed by atoms with van der Waals surface area (Å²) >= 11 is 4.31. The molecule has 0 radical (unpaired) electrons. The lowest BCUT2D eigenvalue weighted by Gasteiger charge is -2.11. The highest BCUT2D eigenvalue weighted by Crippen LogP contribution is 2.33. The van der Waals surface area contributed by atoms with Gasteiger partial charge in [0, 0.05) is 40.4 Å². The van der Waals surface area contributed by atoms with E-state index in [4.69, 9.17) is 4.98 Å². The number of aromatic nitrogens is 4. The molecule has 5 rings (SSSR count). The molecule has 0 aliphatic heterocycles. The molecule has 4 heterocycles. The third-order valence-corrected chi connectivity index (χ3v) is 8.14. The fourth-order valence-corrected chi connectivity index (χ4v) is 6.45. The Morgan fingerprint density at radius 1 is 1.09 bits per heavy atom. The molecule has 0 atom stereocenters. The summed E-state index contributed by atoms with van der Waals surface area (Å²) in [4.78, 5) is 36.8. The van der Waals surface area contributed by atoms with Crippen LogP contribution in [-0.2, 0) is 12.3 Å². The molecule has 1 aromatic carbocycles. The van der Waals surface area contributed by atoms with E-state index < -0.39 is 0 Å². The maximum absolute atomic E-state index is 13.5. The van der Waals surface area contributed by atoms with Gasteiger partial charge in [0.15, 0.2) is 10.1 Å². The van der Waals surface area contributed by atoms with Crippen LogP contribution >= 0.6 is 34.4 Å². The van der Waals surface area contributed by atoms with Crippen molar-refractivity contribution in [2.75, 3.05) is 0 Å². The van der Waals surface area contributed by atoms with Crippen LogP contribution < -0.4 is 11.1 Å². The van der Waals surface area contributed by atoms with E-state index in [1.54, 1.807) is 21.1 Å². The normalized spacial score (nSPS) is 11.5. The summed E-state index contributed by atoms with van der Waals surface area (Å²) < 4.78 is 3.25. The molecule has 4 aromatic heterocycles. The first-order valence-electron chi connectivity index (χ1n) is 10.3. The highest BCUT2D eigenvalue weighted by Gasteiger charge is 2.17. The maximum atomic E-state index is 13.5. The van der Waals surface area contributed by atoms with Gasteiger partial charge in [-0.3, -0.25) is 18.6 Å². The number of hydrogen-bond acceptors (Lipinski definition) is 7. The molecule has 6 nitrogen and oxygen atoms in total. The van der Waals surface area contributed by atoms with Gasteiger partial charge in [-0.05, 0) is 19.4 Å². The Balaban J connectivity index is 1.55. The largest absolute Gasteiger partial charge is 0.283 e. The average molecular weight is 493 g/mol. The van der Waals surface area contributed by atoms with Crippen molar-refractivity contribution in [1.29, 1.82) is 0 Å². The SMILES string of the molecule is C=CCn1c(SCc2cc(=O)n3c(C)csc3n2)nc2scc(-c3ccc(C)cc3)c2c1=O. The quantitative estimate of drug-likeness (QED) is 0.183. The molecule has 0 spiro atoms. The molecule has 0 amide bonds. The standard InChI is InChI=1S/C24H20N4O2S3/c1-4-9-27-22(30)20-18(16-7-5-14(2)6-8-16)13-31-21(20)26-23(27)33-12-17-10-19(29)28-15(3)11-32-24(28)25-17/h4-8,10-11,13H,1,9,12H2,2-3H3. The van der Waals surface area contributed by atoms with Crippen LogP contribution in [-0.4, -0.2) is 18.9 Å². The third kappa shape index (κ3) is 3.96. The van der Waals surface area contributed by atoms with E-state index >= 15 is 0 Å². The Morgan fingerprint density at radius 3 is 2.64 bits per heavy atom. The van der Waals surface area contributed by atoms with Gasteiger partial charge in [0.2, 0.25) is 0 Å². The van der Waals surface area contributed by atoms with Crippen molar-refractivity contribution in [2.24, 2.45) is 0 Å². The van der Waals surface area contributed by atoms with Crippen molar-refractivity contribution in [2.45, 2.75) is 31.3 Å². The number of rotatable bonds is 6. The smallest absolute Gasteiger partial charge is 0.263 e. The Bertz CT molecular complexity index is 1620. The van der Waals surface area contributed by atoms with Gasteiger partial charge in [0.1, 0.15) is 4.83 Å². The lowest BCUT2D eigenvalue weighted by atomic mass is 10.1. The van der Waals surface area contributed by atoms with Crippen LogP contribution in [0, 0.1) is 13.8 Å². The lowest BCUT2D eigenvalue weighted by molar-refractivity contribution is 0.673. The summed E-state index contributed by atoms with van der Waals surface area (Å²) in [5, 5.41) is 5.13. The zero-order chi connectivity index (χ0) is 23.1. The van der Waals surface area contributed by atoms with Crippen molar-refractivity contribution < 1.29 is 0 Å².